The molecule has 3 heterocycles. The second-order valence-corrected chi connectivity index (χ2v) is 8.37. The lowest BCUT2D eigenvalue weighted by Crippen LogP contribution is -2.34. The van der Waals surface area contributed by atoms with E-state index in [9.17, 15) is 14.4 Å². The van der Waals surface area contributed by atoms with Gasteiger partial charge in [-0.15, -0.1) is 0 Å². The molecule has 1 saturated heterocycles. The van der Waals surface area contributed by atoms with Crippen molar-refractivity contribution in [3.63, 3.8) is 0 Å². The molecular formula is C23H19N5O3S. The van der Waals surface area contributed by atoms with E-state index in [1.807, 2.05) is 36.5 Å². The number of benzene rings is 2. The fourth-order valence-corrected chi connectivity index (χ4v) is 4.68. The van der Waals surface area contributed by atoms with E-state index >= 15 is 0 Å². The predicted octanol–water partition coefficient (Wildman–Crippen LogP) is 3.49. The van der Waals surface area contributed by atoms with Crippen molar-refractivity contribution in [1.29, 1.82) is 0 Å². The van der Waals surface area contributed by atoms with E-state index in [1.165, 1.54) is 11.3 Å². The summed E-state index contributed by atoms with van der Waals surface area (Å²) in [4.78, 5) is 45.3. The highest BCUT2D eigenvalue weighted by atomic mass is 32.1. The van der Waals surface area contributed by atoms with E-state index in [0.29, 0.717) is 29.5 Å². The average molecular weight is 446 g/mol. The van der Waals surface area contributed by atoms with Crippen molar-refractivity contribution in [2.24, 2.45) is 0 Å². The third-order valence-corrected chi connectivity index (χ3v) is 6.33. The van der Waals surface area contributed by atoms with Gasteiger partial charge in [0.2, 0.25) is 11.8 Å². The van der Waals surface area contributed by atoms with E-state index in [-0.39, 0.29) is 30.6 Å². The Labute approximate surface area is 187 Å². The van der Waals surface area contributed by atoms with Crippen molar-refractivity contribution in [3.05, 3.63) is 72.6 Å². The van der Waals surface area contributed by atoms with Crippen molar-refractivity contribution in [1.82, 2.24) is 14.8 Å². The summed E-state index contributed by atoms with van der Waals surface area (Å²) in [5.41, 5.74) is 1.63. The second kappa shape index (κ2) is 8.35. The summed E-state index contributed by atoms with van der Waals surface area (Å²) in [7, 11) is 0. The zero-order valence-corrected chi connectivity index (χ0v) is 17.9. The molecule has 9 heteroatoms. The quantitative estimate of drug-likeness (QED) is 0.424. The Balaban J connectivity index is 1.49. The predicted molar refractivity (Wildman–Crippen MR) is 122 cm³/mol. The highest BCUT2D eigenvalue weighted by Gasteiger charge is 2.31. The molecule has 5 rings (SSSR count). The van der Waals surface area contributed by atoms with Gasteiger partial charge in [-0.1, -0.05) is 29.5 Å². The number of imide groups is 1. The zero-order chi connectivity index (χ0) is 22.1. The van der Waals surface area contributed by atoms with E-state index in [2.05, 4.69) is 10.1 Å². The van der Waals surface area contributed by atoms with Crippen LogP contribution in [-0.4, -0.2) is 39.0 Å². The van der Waals surface area contributed by atoms with Crippen molar-refractivity contribution in [2.45, 2.75) is 19.4 Å². The van der Waals surface area contributed by atoms with Crippen molar-refractivity contribution >= 4 is 50.1 Å². The van der Waals surface area contributed by atoms with Gasteiger partial charge in [-0.25, -0.2) is 4.98 Å². The third kappa shape index (κ3) is 3.78. The van der Waals surface area contributed by atoms with Crippen LogP contribution >= 0.6 is 11.3 Å². The standard InChI is InChI=1S/C23H19N5O3S/c29-20-9-10-21(30)28(20)17-6-3-5-16(15-17)22(31)27(14-13-26-12-4-11-24-26)23-25-18-7-1-2-8-19(18)32-23/h1-8,11-12,15H,9-10,13-14H2. The van der Waals surface area contributed by atoms with Crippen molar-refractivity contribution < 1.29 is 14.4 Å². The Morgan fingerprint density at radius 3 is 2.59 bits per heavy atom. The molecule has 32 heavy (non-hydrogen) atoms. The van der Waals surface area contributed by atoms with Crippen LogP contribution in [0.1, 0.15) is 23.2 Å². The van der Waals surface area contributed by atoms with Gasteiger partial charge in [0.1, 0.15) is 0 Å². The number of para-hydroxylation sites is 1. The Bertz CT molecular complexity index is 1270. The van der Waals surface area contributed by atoms with Gasteiger partial charge in [-0.3, -0.25) is 28.9 Å². The van der Waals surface area contributed by atoms with Crippen LogP contribution < -0.4 is 9.80 Å². The maximum atomic E-state index is 13.6. The lowest BCUT2D eigenvalue weighted by molar-refractivity contribution is -0.121. The lowest BCUT2D eigenvalue weighted by atomic mass is 10.1. The maximum Gasteiger partial charge on any atom is 0.260 e. The number of fused-ring (bicyclic) bond motifs is 1. The van der Waals surface area contributed by atoms with Gasteiger partial charge in [-0.2, -0.15) is 5.10 Å². The first-order valence-corrected chi connectivity index (χ1v) is 11.0. The van der Waals surface area contributed by atoms with Crippen LogP contribution in [0, 0.1) is 0 Å². The molecule has 0 N–H and O–H groups in total. The molecule has 0 spiro atoms. The minimum Gasteiger partial charge on any atom is -0.282 e. The van der Waals surface area contributed by atoms with E-state index in [1.54, 1.807) is 40.0 Å². The van der Waals surface area contributed by atoms with Crippen molar-refractivity contribution in [3.8, 4) is 0 Å². The molecule has 0 atom stereocenters. The Morgan fingerprint density at radius 2 is 1.84 bits per heavy atom. The number of rotatable bonds is 6. The van der Waals surface area contributed by atoms with Crippen LogP contribution in [0.5, 0.6) is 0 Å². The first-order chi connectivity index (χ1) is 15.6. The van der Waals surface area contributed by atoms with E-state index in [4.69, 9.17) is 0 Å². The highest BCUT2D eigenvalue weighted by Crippen LogP contribution is 2.30. The fourth-order valence-electron chi connectivity index (χ4n) is 3.69. The molecule has 4 aromatic rings. The van der Waals surface area contributed by atoms with Gasteiger partial charge in [-0.05, 0) is 36.4 Å². The number of anilines is 2. The van der Waals surface area contributed by atoms with E-state index < -0.39 is 0 Å². The molecule has 8 nitrogen and oxygen atoms in total. The molecule has 0 aliphatic carbocycles. The van der Waals surface area contributed by atoms with E-state index in [0.717, 1.165) is 15.1 Å². The molecule has 0 saturated carbocycles. The molecule has 1 aliphatic rings. The third-order valence-electron chi connectivity index (χ3n) is 5.27. The van der Waals surface area contributed by atoms with Gasteiger partial charge < -0.3 is 0 Å². The number of aromatic nitrogens is 3. The molecule has 1 fully saturated rings. The molecule has 0 radical (unpaired) electrons. The largest absolute Gasteiger partial charge is 0.282 e. The number of carbonyl (C=O) groups excluding carboxylic acids is 3. The Morgan fingerprint density at radius 1 is 1.03 bits per heavy atom. The normalized spacial score (nSPS) is 13.8. The highest BCUT2D eigenvalue weighted by molar-refractivity contribution is 7.22. The van der Waals surface area contributed by atoms with Gasteiger partial charge in [0.05, 0.1) is 22.4 Å². The minimum absolute atomic E-state index is 0.193. The summed E-state index contributed by atoms with van der Waals surface area (Å²) < 4.78 is 2.74. The van der Waals surface area contributed by atoms with Crippen molar-refractivity contribution in [2.75, 3.05) is 16.3 Å². The summed E-state index contributed by atoms with van der Waals surface area (Å²) in [5.74, 6) is -0.750. The average Bonchev–Trinajstić information content (AvgIpc) is 3.54. The Hall–Kier alpha value is -3.85. The second-order valence-electron chi connectivity index (χ2n) is 7.36. The first-order valence-electron chi connectivity index (χ1n) is 10.2. The van der Waals surface area contributed by atoms with Crippen LogP contribution in [-0.2, 0) is 16.1 Å². The molecule has 1 aliphatic heterocycles. The number of nitrogens with zero attached hydrogens (tertiary/aromatic N) is 5. The number of thiazole rings is 1. The molecular weight excluding hydrogens is 426 g/mol. The summed E-state index contributed by atoms with van der Waals surface area (Å²) in [6.07, 6.45) is 3.92. The fraction of sp³-hybridized carbons (Fsp3) is 0.174. The number of hydrogen-bond donors (Lipinski definition) is 0. The minimum atomic E-state index is -0.253. The lowest BCUT2D eigenvalue weighted by Gasteiger charge is -2.21. The summed E-state index contributed by atoms with van der Waals surface area (Å²) in [6.45, 7) is 0.865. The molecule has 3 amide bonds. The summed E-state index contributed by atoms with van der Waals surface area (Å²) >= 11 is 1.44. The number of carbonyl (C=O) groups is 3. The van der Waals surface area contributed by atoms with Gasteiger partial charge >= 0.3 is 0 Å². The molecule has 2 aromatic carbocycles. The number of amides is 3. The van der Waals surface area contributed by atoms with Crippen LogP contribution in [0.3, 0.4) is 0 Å². The topological polar surface area (TPSA) is 88.4 Å². The van der Waals surface area contributed by atoms with Crippen LogP contribution in [0.4, 0.5) is 10.8 Å². The molecule has 2 aromatic heterocycles. The Kier molecular flexibility index (Phi) is 5.24. The van der Waals surface area contributed by atoms with Crippen LogP contribution in [0.2, 0.25) is 0 Å². The summed E-state index contributed by atoms with van der Waals surface area (Å²) in [5, 5.41) is 4.81. The molecule has 0 bridgehead atoms. The summed E-state index contributed by atoms with van der Waals surface area (Å²) in [6, 6.07) is 16.2. The maximum absolute atomic E-state index is 13.6. The van der Waals surface area contributed by atoms with Gasteiger partial charge in [0.25, 0.3) is 5.91 Å². The first kappa shape index (κ1) is 20.1. The molecule has 160 valence electrons. The smallest absolute Gasteiger partial charge is 0.260 e. The van der Waals surface area contributed by atoms with Gasteiger partial charge in [0, 0.05) is 37.3 Å². The van der Waals surface area contributed by atoms with Crippen LogP contribution in [0.25, 0.3) is 10.2 Å². The van der Waals surface area contributed by atoms with Crippen LogP contribution in [0.15, 0.2) is 67.0 Å². The number of hydrogen-bond acceptors (Lipinski definition) is 6. The zero-order valence-electron chi connectivity index (χ0n) is 17.0. The molecule has 0 unspecified atom stereocenters. The SMILES string of the molecule is O=C(c1cccc(N2C(=O)CCC2=O)c1)N(CCn1cccn1)c1nc2ccccc2s1. The monoisotopic (exact) mass is 445 g/mol. The van der Waals surface area contributed by atoms with Gasteiger partial charge in [0.15, 0.2) is 5.13 Å².